The lowest BCUT2D eigenvalue weighted by molar-refractivity contribution is 0.102. The fraction of sp³-hybridized carbons (Fsp3) is 0.227. The van der Waals surface area contributed by atoms with Gasteiger partial charge in [-0.3, -0.25) is 9.48 Å². The summed E-state index contributed by atoms with van der Waals surface area (Å²) < 4.78 is 7.19. The first kappa shape index (κ1) is 18.0. The second kappa shape index (κ2) is 6.64. The predicted octanol–water partition coefficient (Wildman–Crippen LogP) is 4.71. The summed E-state index contributed by atoms with van der Waals surface area (Å²) in [6.07, 6.45) is 1.59. The number of aromatic nitrogens is 3. The summed E-state index contributed by atoms with van der Waals surface area (Å²) in [4.78, 5) is 18.0. The number of nitrogens with one attached hydrogen (secondary N) is 1. The van der Waals surface area contributed by atoms with Crippen LogP contribution in [0.25, 0.3) is 22.5 Å². The van der Waals surface area contributed by atoms with Crippen LogP contribution in [0.5, 0.6) is 0 Å². The monoisotopic (exact) mass is 374 g/mol. The second-order valence-electron chi connectivity index (χ2n) is 7.17. The molecule has 0 aliphatic carbocycles. The topological polar surface area (TPSA) is 73.0 Å². The molecule has 6 heteroatoms. The van der Waals surface area contributed by atoms with Crippen LogP contribution in [0.15, 0.2) is 41.0 Å². The highest BCUT2D eigenvalue weighted by Crippen LogP contribution is 2.29. The standard InChI is InChI=1S/C22H22N4O2/c1-12-9-13(2)20(14(3)10-12)24-22(27)16-11-17(18-7-6-8-28-18)23-21-19(16)15(4)25-26(21)5/h6-11H,1-5H3,(H,24,27). The zero-order chi connectivity index (χ0) is 20.0. The van der Waals surface area contributed by atoms with E-state index in [4.69, 9.17) is 4.42 Å². The Balaban J connectivity index is 1.87. The minimum absolute atomic E-state index is 0.189. The van der Waals surface area contributed by atoms with Gasteiger partial charge >= 0.3 is 0 Å². The number of carbonyl (C=O) groups excluding carboxylic acids is 1. The van der Waals surface area contributed by atoms with Crippen LogP contribution in [0.4, 0.5) is 5.69 Å². The molecule has 28 heavy (non-hydrogen) atoms. The first-order chi connectivity index (χ1) is 13.3. The summed E-state index contributed by atoms with van der Waals surface area (Å²) >= 11 is 0. The molecule has 4 aromatic rings. The molecule has 4 rings (SSSR count). The van der Waals surface area contributed by atoms with Crippen molar-refractivity contribution in [2.45, 2.75) is 27.7 Å². The van der Waals surface area contributed by atoms with E-state index in [9.17, 15) is 4.79 Å². The molecule has 0 atom stereocenters. The van der Waals surface area contributed by atoms with Crippen molar-refractivity contribution in [2.24, 2.45) is 7.05 Å². The summed E-state index contributed by atoms with van der Waals surface area (Å²) in [5.41, 5.74) is 6.61. The third kappa shape index (κ3) is 2.97. The number of benzene rings is 1. The molecule has 1 N–H and O–H groups in total. The number of furan rings is 1. The minimum Gasteiger partial charge on any atom is -0.463 e. The number of nitrogens with zero attached hydrogens (tertiary/aromatic N) is 3. The molecular weight excluding hydrogens is 352 g/mol. The number of anilines is 1. The van der Waals surface area contributed by atoms with Crippen LogP contribution in [-0.2, 0) is 7.05 Å². The van der Waals surface area contributed by atoms with Gasteiger partial charge in [0.2, 0.25) is 0 Å². The van der Waals surface area contributed by atoms with Gasteiger partial charge in [0.05, 0.1) is 22.9 Å². The van der Waals surface area contributed by atoms with E-state index in [-0.39, 0.29) is 5.91 Å². The van der Waals surface area contributed by atoms with Crippen molar-refractivity contribution < 1.29 is 9.21 Å². The Morgan fingerprint density at radius 3 is 2.46 bits per heavy atom. The Hall–Kier alpha value is -3.41. The van der Waals surface area contributed by atoms with E-state index in [0.29, 0.717) is 22.7 Å². The maximum Gasteiger partial charge on any atom is 0.256 e. The van der Waals surface area contributed by atoms with Crippen LogP contribution < -0.4 is 5.32 Å². The number of amides is 1. The molecule has 0 saturated carbocycles. The normalized spacial score (nSPS) is 11.2. The van der Waals surface area contributed by atoms with Crippen molar-refractivity contribution in [1.29, 1.82) is 0 Å². The first-order valence-corrected chi connectivity index (χ1v) is 9.12. The van der Waals surface area contributed by atoms with Crippen molar-refractivity contribution >= 4 is 22.6 Å². The zero-order valence-electron chi connectivity index (χ0n) is 16.6. The third-order valence-electron chi connectivity index (χ3n) is 4.90. The van der Waals surface area contributed by atoms with E-state index in [1.54, 1.807) is 23.1 Å². The molecule has 0 fully saturated rings. The van der Waals surface area contributed by atoms with Crippen LogP contribution in [0.1, 0.15) is 32.7 Å². The van der Waals surface area contributed by atoms with Crippen LogP contribution in [0.3, 0.4) is 0 Å². The molecule has 3 aromatic heterocycles. The number of fused-ring (bicyclic) bond motifs is 1. The van der Waals surface area contributed by atoms with Gasteiger partial charge in [0, 0.05) is 12.7 Å². The van der Waals surface area contributed by atoms with E-state index < -0.39 is 0 Å². The molecule has 0 aliphatic rings. The van der Waals surface area contributed by atoms with Crippen LogP contribution in [0.2, 0.25) is 0 Å². The molecule has 142 valence electrons. The number of hydrogen-bond acceptors (Lipinski definition) is 4. The van der Waals surface area contributed by atoms with Gasteiger partial charge in [-0.05, 0) is 57.0 Å². The molecule has 6 nitrogen and oxygen atoms in total. The molecule has 1 aromatic carbocycles. The Morgan fingerprint density at radius 1 is 1.11 bits per heavy atom. The van der Waals surface area contributed by atoms with E-state index >= 15 is 0 Å². The van der Waals surface area contributed by atoms with Crippen molar-refractivity contribution in [3.05, 3.63) is 64.5 Å². The Kier molecular flexibility index (Phi) is 4.26. The average molecular weight is 374 g/mol. The number of pyridine rings is 1. The summed E-state index contributed by atoms with van der Waals surface area (Å²) in [6, 6.07) is 9.52. The van der Waals surface area contributed by atoms with Crippen LogP contribution in [0, 0.1) is 27.7 Å². The predicted molar refractivity (Wildman–Crippen MR) is 110 cm³/mol. The Morgan fingerprint density at radius 2 is 1.82 bits per heavy atom. The largest absolute Gasteiger partial charge is 0.463 e. The highest BCUT2D eigenvalue weighted by molar-refractivity contribution is 6.13. The van der Waals surface area contributed by atoms with E-state index in [1.807, 2.05) is 40.8 Å². The third-order valence-corrected chi connectivity index (χ3v) is 4.90. The lowest BCUT2D eigenvalue weighted by Crippen LogP contribution is -2.15. The van der Waals surface area contributed by atoms with Crippen LogP contribution in [-0.4, -0.2) is 20.7 Å². The lowest BCUT2D eigenvalue weighted by Gasteiger charge is -2.14. The quantitative estimate of drug-likeness (QED) is 0.563. The lowest BCUT2D eigenvalue weighted by atomic mass is 10.0. The van der Waals surface area contributed by atoms with Gasteiger partial charge in [-0.15, -0.1) is 0 Å². The molecule has 0 unspecified atom stereocenters. The van der Waals surface area contributed by atoms with Crippen molar-refractivity contribution in [2.75, 3.05) is 5.32 Å². The SMILES string of the molecule is Cc1cc(C)c(NC(=O)c2cc(-c3ccco3)nc3c2c(C)nn3C)c(C)c1. The molecule has 0 spiro atoms. The smallest absolute Gasteiger partial charge is 0.256 e. The van der Waals surface area contributed by atoms with Crippen molar-refractivity contribution in [1.82, 2.24) is 14.8 Å². The number of rotatable bonds is 3. The molecule has 0 radical (unpaired) electrons. The Labute approximate surface area is 163 Å². The molecule has 0 bridgehead atoms. The fourth-order valence-electron chi connectivity index (χ4n) is 3.73. The number of aryl methyl sites for hydroxylation is 5. The minimum atomic E-state index is -0.189. The summed E-state index contributed by atoms with van der Waals surface area (Å²) in [5, 5.41) is 8.29. The van der Waals surface area contributed by atoms with Gasteiger partial charge < -0.3 is 9.73 Å². The number of carbonyl (C=O) groups is 1. The summed E-state index contributed by atoms with van der Waals surface area (Å²) in [5.74, 6) is 0.420. The van der Waals surface area contributed by atoms with Gasteiger partial charge in [-0.2, -0.15) is 5.10 Å². The molecule has 0 aliphatic heterocycles. The van der Waals surface area contributed by atoms with E-state index in [1.165, 1.54) is 5.56 Å². The van der Waals surface area contributed by atoms with Gasteiger partial charge in [0.25, 0.3) is 5.91 Å². The van der Waals surface area contributed by atoms with Gasteiger partial charge in [-0.1, -0.05) is 17.7 Å². The molecular formula is C22H22N4O2. The summed E-state index contributed by atoms with van der Waals surface area (Å²) in [7, 11) is 1.82. The van der Waals surface area contributed by atoms with E-state index in [0.717, 1.165) is 27.9 Å². The fourth-order valence-corrected chi connectivity index (χ4v) is 3.73. The highest BCUT2D eigenvalue weighted by Gasteiger charge is 2.21. The average Bonchev–Trinajstić information content (AvgIpc) is 3.26. The van der Waals surface area contributed by atoms with E-state index in [2.05, 4.69) is 27.5 Å². The van der Waals surface area contributed by atoms with Gasteiger partial charge in [-0.25, -0.2) is 4.98 Å². The van der Waals surface area contributed by atoms with Gasteiger partial charge in [0.15, 0.2) is 11.4 Å². The summed E-state index contributed by atoms with van der Waals surface area (Å²) in [6.45, 7) is 7.94. The molecule has 3 heterocycles. The Bertz CT molecular complexity index is 1180. The van der Waals surface area contributed by atoms with Gasteiger partial charge in [0.1, 0.15) is 5.69 Å². The highest BCUT2D eigenvalue weighted by atomic mass is 16.3. The van der Waals surface area contributed by atoms with Crippen molar-refractivity contribution in [3.63, 3.8) is 0 Å². The first-order valence-electron chi connectivity index (χ1n) is 9.12. The molecule has 0 saturated heterocycles. The zero-order valence-corrected chi connectivity index (χ0v) is 16.6. The number of hydrogen-bond donors (Lipinski definition) is 1. The maximum absolute atomic E-state index is 13.3. The maximum atomic E-state index is 13.3. The van der Waals surface area contributed by atoms with Crippen LogP contribution >= 0.6 is 0 Å². The second-order valence-corrected chi connectivity index (χ2v) is 7.17. The molecule has 1 amide bonds. The van der Waals surface area contributed by atoms with Crippen molar-refractivity contribution in [3.8, 4) is 11.5 Å².